The van der Waals surface area contributed by atoms with Gasteiger partial charge in [-0.3, -0.25) is 0 Å². The van der Waals surface area contributed by atoms with Crippen molar-refractivity contribution < 1.29 is 4.74 Å². The maximum Gasteiger partial charge on any atom is 0.0673 e. The minimum Gasteiger partial charge on any atom is -0.377 e. The second-order valence-electron chi connectivity index (χ2n) is 5.01. The van der Waals surface area contributed by atoms with Crippen LogP contribution in [0.4, 0.5) is 0 Å². The number of piperidine rings is 1. The van der Waals surface area contributed by atoms with Gasteiger partial charge in [0.25, 0.3) is 0 Å². The van der Waals surface area contributed by atoms with E-state index in [4.69, 9.17) is 4.74 Å². The molecule has 0 aliphatic carbocycles. The summed E-state index contributed by atoms with van der Waals surface area (Å²) < 4.78 is 5.66. The predicted molar refractivity (Wildman–Crippen MR) is 62.1 cm³/mol. The summed E-state index contributed by atoms with van der Waals surface area (Å²) in [5.41, 5.74) is 0. The number of hydrogen-bond acceptors (Lipinski definition) is 3. The average Bonchev–Trinajstić information content (AvgIpc) is 2.44. The number of rotatable bonds is 2. The standard InChI is InChI=1S/C12H24N2O/c1-11-9-14(6-3-7-15-11)10-12-4-2-5-13-8-12/h11-13H,2-10H2,1H3. The van der Waals surface area contributed by atoms with Crippen LogP contribution in [0.1, 0.15) is 26.2 Å². The maximum absolute atomic E-state index is 5.66. The van der Waals surface area contributed by atoms with E-state index in [0.717, 1.165) is 19.1 Å². The van der Waals surface area contributed by atoms with Gasteiger partial charge in [0.05, 0.1) is 6.10 Å². The Morgan fingerprint density at radius 2 is 2.33 bits per heavy atom. The molecule has 2 heterocycles. The molecule has 1 N–H and O–H groups in total. The van der Waals surface area contributed by atoms with Gasteiger partial charge in [-0.2, -0.15) is 0 Å². The molecule has 2 rings (SSSR count). The fourth-order valence-corrected chi connectivity index (χ4v) is 2.69. The van der Waals surface area contributed by atoms with Crippen LogP contribution in [0.15, 0.2) is 0 Å². The zero-order valence-electron chi connectivity index (χ0n) is 9.87. The summed E-state index contributed by atoms with van der Waals surface area (Å²) in [5.74, 6) is 0.865. The van der Waals surface area contributed by atoms with Gasteiger partial charge in [0, 0.05) is 26.2 Å². The molecular formula is C12H24N2O. The van der Waals surface area contributed by atoms with Crippen LogP contribution in [0.25, 0.3) is 0 Å². The fourth-order valence-electron chi connectivity index (χ4n) is 2.69. The van der Waals surface area contributed by atoms with Crippen LogP contribution in [0, 0.1) is 5.92 Å². The normalized spacial score (nSPS) is 35.0. The molecule has 2 unspecified atom stereocenters. The van der Waals surface area contributed by atoms with E-state index in [1.807, 2.05) is 0 Å². The fraction of sp³-hybridized carbons (Fsp3) is 1.00. The Balaban J connectivity index is 1.76. The molecule has 0 aromatic heterocycles. The summed E-state index contributed by atoms with van der Waals surface area (Å²) in [7, 11) is 0. The summed E-state index contributed by atoms with van der Waals surface area (Å²) in [6.45, 7) is 9.18. The lowest BCUT2D eigenvalue weighted by molar-refractivity contribution is 0.0648. The zero-order chi connectivity index (χ0) is 10.5. The molecular weight excluding hydrogens is 188 g/mol. The van der Waals surface area contributed by atoms with Crippen molar-refractivity contribution in [3.8, 4) is 0 Å². The lowest BCUT2D eigenvalue weighted by Gasteiger charge is -2.29. The molecule has 0 bridgehead atoms. The summed E-state index contributed by atoms with van der Waals surface area (Å²) in [6, 6.07) is 0. The Bertz CT molecular complexity index is 180. The highest BCUT2D eigenvalue weighted by Crippen LogP contribution is 2.14. The van der Waals surface area contributed by atoms with E-state index in [1.54, 1.807) is 0 Å². The van der Waals surface area contributed by atoms with Gasteiger partial charge in [-0.15, -0.1) is 0 Å². The summed E-state index contributed by atoms with van der Waals surface area (Å²) in [6.07, 6.45) is 4.37. The summed E-state index contributed by atoms with van der Waals surface area (Å²) >= 11 is 0. The predicted octanol–water partition coefficient (Wildman–Crippen LogP) is 1.10. The molecule has 0 saturated carbocycles. The Morgan fingerprint density at radius 1 is 1.40 bits per heavy atom. The quantitative estimate of drug-likeness (QED) is 0.742. The minimum atomic E-state index is 0.420. The van der Waals surface area contributed by atoms with E-state index in [9.17, 15) is 0 Å². The van der Waals surface area contributed by atoms with E-state index in [-0.39, 0.29) is 0 Å². The molecule has 2 aliphatic heterocycles. The van der Waals surface area contributed by atoms with E-state index in [2.05, 4.69) is 17.1 Å². The monoisotopic (exact) mass is 212 g/mol. The third kappa shape index (κ3) is 3.74. The molecule has 0 amide bonds. The molecule has 2 fully saturated rings. The van der Waals surface area contributed by atoms with Crippen LogP contribution in [-0.4, -0.2) is 50.3 Å². The molecule has 2 saturated heterocycles. The van der Waals surface area contributed by atoms with Gasteiger partial charge in [-0.25, -0.2) is 0 Å². The van der Waals surface area contributed by atoms with Crippen LogP contribution in [0.5, 0.6) is 0 Å². The smallest absolute Gasteiger partial charge is 0.0673 e. The van der Waals surface area contributed by atoms with Crippen molar-refractivity contribution in [3.05, 3.63) is 0 Å². The third-order valence-electron chi connectivity index (χ3n) is 3.45. The largest absolute Gasteiger partial charge is 0.377 e. The van der Waals surface area contributed by atoms with Crippen molar-refractivity contribution in [2.24, 2.45) is 5.92 Å². The SMILES string of the molecule is CC1CN(CC2CCCNC2)CCCO1. The van der Waals surface area contributed by atoms with Crippen LogP contribution in [0.3, 0.4) is 0 Å². The van der Waals surface area contributed by atoms with Crippen LogP contribution in [0.2, 0.25) is 0 Å². The molecule has 2 atom stereocenters. The summed E-state index contributed by atoms with van der Waals surface area (Å²) in [5, 5.41) is 3.49. The van der Waals surface area contributed by atoms with E-state index >= 15 is 0 Å². The first kappa shape index (κ1) is 11.4. The van der Waals surface area contributed by atoms with E-state index in [1.165, 1.54) is 45.4 Å². The molecule has 3 nitrogen and oxygen atoms in total. The van der Waals surface area contributed by atoms with E-state index in [0.29, 0.717) is 6.10 Å². The molecule has 0 spiro atoms. The van der Waals surface area contributed by atoms with Crippen molar-refractivity contribution >= 4 is 0 Å². The van der Waals surface area contributed by atoms with Crippen molar-refractivity contribution in [2.45, 2.75) is 32.3 Å². The third-order valence-corrected chi connectivity index (χ3v) is 3.45. The first-order valence-electron chi connectivity index (χ1n) is 6.39. The topological polar surface area (TPSA) is 24.5 Å². The molecule has 15 heavy (non-hydrogen) atoms. The first-order valence-corrected chi connectivity index (χ1v) is 6.39. The molecule has 0 radical (unpaired) electrons. The number of nitrogens with zero attached hydrogens (tertiary/aromatic N) is 1. The van der Waals surface area contributed by atoms with Gasteiger partial charge in [-0.1, -0.05) is 0 Å². The van der Waals surface area contributed by atoms with Gasteiger partial charge in [-0.05, 0) is 45.2 Å². The Hall–Kier alpha value is -0.120. The highest BCUT2D eigenvalue weighted by atomic mass is 16.5. The van der Waals surface area contributed by atoms with Gasteiger partial charge in [0.1, 0.15) is 0 Å². The van der Waals surface area contributed by atoms with Crippen molar-refractivity contribution in [2.75, 3.05) is 39.3 Å². The van der Waals surface area contributed by atoms with Crippen molar-refractivity contribution in [1.29, 1.82) is 0 Å². The molecule has 3 heteroatoms. The molecule has 88 valence electrons. The van der Waals surface area contributed by atoms with Gasteiger partial charge in [0.2, 0.25) is 0 Å². The maximum atomic E-state index is 5.66. The van der Waals surface area contributed by atoms with Crippen molar-refractivity contribution in [1.82, 2.24) is 10.2 Å². The van der Waals surface area contributed by atoms with Gasteiger partial charge < -0.3 is 15.0 Å². The van der Waals surface area contributed by atoms with Gasteiger partial charge >= 0.3 is 0 Å². The van der Waals surface area contributed by atoms with Gasteiger partial charge in [0.15, 0.2) is 0 Å². The molecule has 2 aliphatic rings. The first-order chi connectivity index (χ1) is 7.34. The lowest BCUT2D eigenvalue weighted by Crippen LogP contribution is -2.40. The minimum absolute atomic E-state index is 0.420. The van der Waals surface area contributed by atoms with Crippen LogP contribution in [-0.2, 0) is 4.74 Å². The Labute approximate surface area is 93.2 Å². The number of hydrogen-bond donors (Lipinski definition) is 1. The van der Waals surface area contributed by atoms with Crippen molar-refractivity contribution in [3.63, 3.8) is 0 Å². The van der Waals surface area contributed by atoms with Crippen LogP contribution >= 0.6 is 0 Å². The lowest BCUT2D eigenvalue weighted by atomic mass is 9.99. The van der Waals surface area contributed by atoms with Crippen LogP contribution < -0.4 is 5.32 Å². The van der Waals surface area contributed by atoms with E-state index < -0.39 is 0 Å². The highest BCUT2D eigenvalue weighted by Gasteiger charge is 2.20. The number of ether oxygens (including phenoxy) is 1. The Kier molecular flexibility index (Phi) is 4.42. The molecule has 0 aromatic carbocycles. The zero-order valence-corrected chi connectivity index (χ0v) is 9.87. The Morgan fingerprint density at radius 3 is 3.13 bits per heavy atom. The number of nitrogens with one attached hydrogen (secondary N) is 1. The second kappa shape index (κ2) is 5.83. The highest BCUT2D eigenvalue weighted by molar-refractivity contribution is 4.75. The molecule has 0 aromatic rings. The summed E-state index contributed by atoms with van der Waals surface area (Å²) in [4.78, 5) is 2.59. The average molecular weight is 212 g/mol. The second-order valence-corrected chi connectivity index (χ2v) is 5.01.